The van der Waals surface area contributed by atoms with Crippen LogP contribution in [0.2, 0.25) is 0 Å². The zero-order valence-electron chi connectivity index (χ0n) is 14.1. The molecule has 3 nitrogen and oxygen atoms in total. The predicted octanol–water partition coefficient (Wildman–Crippen LogP) is 5.24. The molecule has 4 heteroatoms. The van der Waals surface area contributed by atoms with E-state index in [0.717, 1.165) is 33.9 Å². The maximum absolute atomic E-state index is 12.4. The first-order chi connectivity index (χ1) is 11.6. The van der Waals surface area contributed by atoms with Gasteiger partial charge in [0.1, 0.15) is 0 Å². The van der Waals surface area contributed by atoms with Gasteiger partial charge in [-0.05, 0) is 44.0 Å². The van der Waals surface area contributed by atoms with Crippen LogP contribution in [-0.4, -0.2) is 10.9 Å². The zero-order valence-corrected chi connectivity index (χ0v) is 14.9. The molecular formula is C20H20N2OS. The molecular weight excluding hydrogens is 316 g/mol. The largest absolute Gasteiger partial charge is 0.322 e. The summed E-state index contributed by atoms with van der Waals surface area (Å²) in [6.07, 6.45) is 0.969. The van der Waals surface area contributed by atoms with Gasteiger partial charge in [-0.3, -0.25) is 4.79 Å². The molecule has 2 aromatic carbocycles. The fourth-order valence-electron chi connectivity index (χ4n) is 2.62. The molecule has 0 spiro atoms. The summed E-state index contributed by atoms with van der Waals surface area (Å²) in [6, 6.07) is 15.4. The number of carbonyl (C=O) groups excluding carboxylic acids is 1. The lowest BCUT2D eigenvalue weighted by atomic mass is 10.1. The Bertz CT molecular complexity index is 866. The van der Waals surface area contributed by atoms with Gasteiger partial charge in [-0.25, -0.2) is 4.98 Å². The van der Waals surface area contributed by atoms with Crippen molar-refractivity contribution in [3.8, 4) is 11.3 Å². The Morgan fingerprint density at radius 3 is 2.46 bits per heavy atom. The summed E-state index contributed by atoms with van der Waals surface area (Å²) in [4.78, 5) is 18.3. The molecule has 24 heavy (non-hydrogen) atoms. The molecule has 1 heterocycles. The van der Waals surface area contributed by atoms with Crippen LogP contribution in [0.4, 0.5) is 5.69 Å². The maximum atomic E-state index is 12.4. The number of aromatic nitrogens is 1. The molecule has 1 N–H and O–H groups in total. The summed E-state index contributed by atoms with van der Waals surface area (Å²) >= 11 is 1.73. The van der Waals surface area contributed by atoms with Gasteiger partial charge in [0, 0.05) is 21.7 Å². The third-order valence-corrected chi connectivity index (χ3v) is 5.05. The van der Waals surface area contributed by atoms with Gasteiger partial charge in [-0.1, -0.05) is 37.3 Å². The van der Waals surface area contributed by atoms with Gasteiger partial charge < -0.3 is 5.32 Å². The van der Waals surface area contributed by atoms with Crippen molar-refractivity contribution in [1.29, 1.82) is 0 Å². The Balaban J connectivity index is 1.81. The van der Waals surface area contributed by atoms with Crippen LogP contribution >= 0.6 is 11.3 Å². The minimum Gasteiger partial charge on any atom is -0.322 e. The van der Waals surface area contributed by atoms with Crippen LogP contribution in [0.25, 0.3) is 11.3 Å². The second kappa shape index (κ2) is 6.97. The van der Waals surface area contributed by atoms with E-state index in [4.69, 9.17) is 0 Å². The first kappa shape index (κ1) is 16.4. The molecule has 0 atom stereocenters. The molecule has 0 radical (unpaired) electrons. The first-order valence-corrected chi connectivity index (χ1v) is 8.84. The second-order valence-electron chi connectivity index (χ2n) is 5.70. The number of nitrogens with zero attached hydrogens (tertiary/aromatic N) is 1. The first-order valence-electron chi connectivity index (χ1n) is 8.02. The highest BCUT2D eigenvalue weighted by atomic mass is 32.1. The molecule has 3 aromatic rings. The highest BCUT2D eigenvalue weighted by molar-refractivity contribution is 7.12. The van der Waals surface area contributed by atoms with E-state index in [2.05, 4.69) is 17.2 Å². The molecule has 0 aliphatic carbocycles. The summed E-state index contributed by atoms with van der Waals surface area (Å²) in [5, 5.41) is 4.03. The molecule has 122 valence electrons. The number of para-hydroxylation sites is 1. The highest BCUT2D eigenvalue weighted by Gasteiger charge is 2.12. The van der Waals surface area contributed by atoms with E-state index in [1.54, 1.807) is 11.3 Å². The van der Waals surface area contributed by atoms with Crippen molar-refractivity contribution in [2.24, 2.45) is 0 Å². The Labute approximate surface area is 146 Å². The van der Waals surface area contributed by atoms with Crippen LogP contribution in [0.15, 0.2) is 48.5 Å². The van der Waals surface area contributed by atoms with Crippen LogP contribution in [0, 0.1) is 13.8 Å². The number of hydrogen-bond donors (Lipinski definition) is 1. The Kier molecular flexibility index (Phi) is 4.76. The number of thiazole rings is 1. The third-order valence-electron chi connectivity index (χ3n) is 3.94. The van der Waals surface area contributed by atoms with Gasteiger partial charge in [0.05, 0.1) is 10.7 Å². The van der Waals surface area contributed by atoms with Crippen LogP contribution in [0.1, 0.15) is 32.7 Å². The van der Waals surface area contributed by atoms with Crippen molar-refractivity contribution in [2.75, 3.05) is 5.32 Å². The summed E-state index contributed by atoms with van der Waals surface area (Å²) in [6.45, 7) is 6.15. The molecule has 0 aliphatic heterocycles. The molecule has 0 aliphatic rings. The fourth-order valence-corrected chi connectivity index (χ4v) is 3.52. The quantitative estimate of drug-likeness (QED) is 0.708. The van der Waals surface area contributed by atoms with E-state index in [1.807, 2.05) is 62.4 Å². The Hall–Kier alpha value is -2.46. The molecule has 0 fully saturated rings. The maximum Gasteiger partial charge on any atom is 0.255 e. The lowest BCUT2D eigenvalue weighted by Gasteiger charge is -2.08. The van der Waals surface area contributed by atoms with Crippen LogP contribution in [-0.2, 0) is 6.42 Å². The van der Waals surface area contributed by atoms with Crippen molar-refractivity contribution in [2.45, 2.75) is 27.2 Å². The van der Waals surface area contributed by atoms with Crippen molar-refractivity contribution in [1.82, 2.24) is 4.98 Å². The van der Waals surface area contributed by atoms with Gasteiger partial charge in [0.25, 0.3) is 5.91 Å². The van der Waals surface area contributed by atoms with E-state index in [-0.39, 0.29) is 5.91 Å². The third kappa shape index (κ3) is 3.39. The number of aryl methyl sites for hydroxylation is 3. The van der Waals surface area contributed by atoms with Crippen molar-refractivity contribution in [3.63, 3.8) is 0 Å². The second-order valence-corrected chi connectivity index (χ2v) is 6.99. The summed E-state index contributed by atoms with van der Waals surface area (Å²) in [5.74, 6) is -0.0963. The minimum atomic E-state index is -0.0963. The number of anilines is 1. The lowest BCUT2D eigenvalue weighted by molar-refractivity contribution is 0.102. The minimum absolute atomic E-state index is 0.0963. The average molecular weight is 336 g/mol. The topological polar surface area (TPSA) is 42.0 Å². The monoisotopic (exact) mass is 336 g/mol. The van der Waals surface area contributed by atoms with Crippen LogP contribution in [0.5, 0.6) is 0 Å². The molecule has 0 saturated carbocycles. The van der Waals surface area contributed by atoms with Gasteiger partial charge >= 0.3 is 0 Å². The Morgan fingerprint density at radius 2 is 1.79 bits per heavy atom. The van der Waals surface area contributed by atoms with E-state index in [9.17, 15) is 4.79 Å². The highest BCUT2D eigenvalue weighted by Crippen LogP contribution is 2.28. The average Bonchev–Trinajstić information content (AvgIpc) is 2.98. The van der Waals surface area contributed by atoms with E-state index >= 15 is 0 Å². The van der Waals surface area contributed by atoms with Gasteiger partial charge in [-0.15, -0.1) is 11.3 Å². The van der Waals surface area contributed by atoms with Crippen LogP contribution < -0.4 is 5.32 Å². The normalized spacial score (nSPS) is 10.6. The van der Waals surface area contributed by atoms with Gasteiger partial charge in [0.2, 0.25) is 0 Å². The molecule has 0 bridgehead atoms. The van der Waals surface area contributed by atoms with Gasteiger partial charge in [0.15, 0.2) is 0 Å². The van der Waals surface area contributed by atoms with Crippen molar-refractivity contribution in [3.05, 3.63) is 69.5 Å². The standard InChI is InChI=1S/C20H20N2OS/c1-4-18-19(21-14(3)24-18)15-9-11-16(12-10-15)20(23)22-17-8-6-5-7-13(17)2/h5-12H,4H2,1-3H3,(H,22,23). The van der Waals surface area contributed by atoms with Gasteiger partial charge in [-0.2, -0.15) is 0 Å². The zero-order chi connectivity index (χ0) is 17.1. The Morgan fingerprint density at radius 1 is 1.08 bits per heavy atom. The predicted molar refractivity (Wildman–Crippen MR) is 101 cm³/mol. The smallest absolute Gasteiger partial charge is 0.255 e. The number of nitrogens with one attached hydrogen (secondary N) is 1. The SMILES string of the molecule is CCc1sc(C)nc1-c1ccc(C(=O)Nc2ccccc2C)cc1. The van der Waals surface area contributed by atoms with E-state index in [0.29, 0.717) is 5.56 Å². The molecule has 0 unspecified atom stereocenters. The number of rotatable bonds is 4. The van der Waals surface area contributed by atoms with Crippen molar-refractivity contribution >= 4 is 22.9 Å². The number of benzene rings is 2. The summed E-state index contributed by atoms with van der Waals surface area (Å²) < 4.78 is 0. The summed E-state index contributed by atoms with van der Waals surface area (Å²) in [7, 11) is 0. The number of carbonyl (C=O) groups is 1. The number of hydrogen-bond acceptors (Lipinski definition) is 3. The van der Waals surface area contributed by atoms with E-state index < -0.39 is 0 Å². The lowest BCUT2D eigenvalue weighted by Crippen LogP contribution is -2.12. The molecule has 1 amide bonds. The molecule has 1 aromatic heterocycles. The molecule has 0 saturated heterocycles. The number of amides is 1. The van der Waals surface area contributed by atoms with E-state index in [1.165, 1.54) is 4.88 Å². The van der Waals surface area contributed by atoms with Crippen molar-refractivity contribution < 1.29 is 4.79 Å². The molecule has 3 rings (SSSR count). The van der Waals surface area contributed by atoms with Crippen LogP contribution in [0.3, 0.4) is 0 Å². The summed E-state index contributed by atoms with van der Waals surface area (Å²) in [5.41, 5.74) is 4.63. The fraction of sp³-hybridized carbons (Fsp3) is 0.200.